The van der Waals surface area contributed by atoms with Crippen LogP contribution in [-0.2, 0) is 11.3 Å². The first-order valence-electron chi connectivity index (χ1n) is 7.20. The topological polar surface area (TPSA) is 23.6 Å². The van der Waals surface area contributed by atoms with E-state index in [1.807, 2.05) is 43.3 Å². The Bertz CT molecular complexity index is 614. The molecule has 2 aromatic rings. The first-order valence-corrected chi connectivity index (χ1v) is 8.81. The van der Waals surface area contributed by atoms with Gasteiger partial charge in [-0.15, -0.1) is 11.3 Å². The molecule has 22 heavy (non-hydrogen) atoms. The molecule has 0 aliphatic rings. The molecule has 5 heteroatoms. The van der Waals surface area contributed by atoms with Crippen molar-refractivity contribution in [2.24, 2.45) is 0 Å². The minimum absolute atomic E-state index is 0.0815. The molecule has 0 radical (unpaired) electrons. The zero-order valence-electron chi connectivity index (χ0n) is 13.1. The lowest BCUT2D eigenvalue weighted by Crippen LogP contribution is -2.37. The maximum absolute atomic E-state index is 12.4. The fraction of sp³-hybridized carbons (Fsp3) is 0.353. The highest BCUT2D eigenvalue weighted by molar-refractivity contribution is 9.11. The van der Waals surface area contributed by atoms with Crippen molar-refractivity contribution in [3.8, 4) is 0 Å². The molecule has 0 spiro atoms. The first-order chi connectivity index (χ1) is 10.5. The third kappa shape index (κ3) is 4.66. The predicted molar refractivity (Wildman–Crippen MR) is 96.0 cm³/mol. The summed E-state index contributed by atoms with van der Waals surface area (Å²) in [5.74, 6) is 0.134. The van der Waals surface area contributed by atoms with E-state index in [4.69, 9.17) is 0 Å². The third-order valence-electron chi connectivity index (χ3n) is 3.72. The van der Waals surface area contributed by atoms with E-state index in [-0.39, 0.29) is 11.9 Å². The second-order valence-electron chi connectivity index (χ2n) is 5.47. The van der Waals surface area contributed by atoms with Crippen LogP contribution in [0.25, 0.3) is 0 Å². The average Bonchev–Trinajstić information content (AvgIpc) is 2.91. The number of amides is 1. The van der Waals surface area contributed by atoms with Gasteiger partial charge in [-0.3, -0.25) is 9.69 Å². The summed E-state index contributed by atoms with van der Waals surface area (Å²) < 4.78 is 1.12. The van der Waals surface area contributed by atoms with Crippen LogP contribution in [0.4, 0.5) is 0 Å². The fourth-order valence-electron chi connectivity index (χ4n) is 2.27. The largest absolute Gasteiger partial charge is 0.338 e. The standard InChI is InChI=1S/C17H21BrN2OS/c1-13(14-7-5-4-6-8-14)20(3)17(21)12-19(2)11-15-9-10-16(18)22-15/h4-10,13H,11-12H2,1-3H3. The number of halogens is 1. The molecule has 0 saturated carbocycles. The van der Waals surface area contributed by atoms with Crippen molar-refractivity contribution in [1.82, 2.24) is 9.80 Å². The summed E-state index contributed by atoms with van der Waals surface area (Å²) in [4.78, 5) is 17.6. The highest BCUT2D eigenvalue weighted by atomic mass is 79.9. The lowest BCUT2D eigenvalue weighted by atomic mass is 10.1. The van der Waals surface area contributed by atoms with Crippen molar-refractivity contribution in [3.05, 3.63) is 56.7 Å². The summed E-state index contributed by atoms with van der Waals surface area (Å²) in [5.41, 5.74) is 1.16. The number of hydrogen-bond acceptors (Lipinski definition) is 3. The smallest absolute Gasteiger partial charge is 0.236 e. The molecule has 1 aromatic heterocycles. The summed E-state index contributed by atoms with van der Waals surface area (Å²) in [6.45, 7) is 3.27. The number of thiophene rings is 1. The Morgan fingerprint density at radius 3 is 2.45 bits per heavy atom. The van der Waals surface area contributed by atoms with Crippen LogP contribution in [0.3, 0.4) is 0 Å². The second kappa shape index (κ2) is 7.90. The van der Waals surface area contributed by atoms with Crippen molar-refractivity contribution in [3.63, 3.8) is 0 Å². The Hall–Kier alpha value is -1.17. The molecule has 2 rings (SSSR count). The highest BCUT2D eigenvalue weighted by Crippen LogP contribution is 2.23. The van der Waals surface area contributed by atoms with Crippen LogP contribution in [-0.4, -0.2) is 36.3 Å². The number of likely N-dealkylation sites (N-methyl/N-ethyl adjacent to an activating group) is 2. The van der Waals surface area contributed by atoms with Crippen LogP contribution in [0.15, 0.2) is 46.3 Å². The minimum atomic E-state index is 0.0815. The molecule has 0 N–H and O–H groups in total. The summed E-state index contributed by atoms with van der Waals surface area (Å²) >= 11 is 5.17. The summed E-state index contributed by atoms with van der Waals surface area (Å²) in [7, 11) is 3.85. The molecule has 1 heterocycles. The van der Waals surface area contributed by atoms with Gasteiger partial charge < -0.3 is 4.90 Å². The van der Waals surface area contributed by atoms with Gasteiger partial charge in [-0.05, 0) is 47.6 Å². The average molecular weight is 381 g/mol. The van der Waals surface area contributed by atoms with E-state index in [1.54, 1.807) is 11.3 Å². The van der Waals surface area contributed by atoms with Crippen LogP contribution in [0.5, 0.6) is 0 Å². The Labute approximate surface area is 144 Å². The zero-order chi connectivity index (χ0) is 16.1. The van der Waals surface area contributed by atoms with Crippen LogP contribution < -0.4 is 0 Å². The molecule has 0 fully saturated rings. The normalized spacial score (nSPS) is 12.4. The summed E-state index contributed by atoms with van der Waals surface area (Å²) in [6, 6.07) is 14.3. The number of benzene rings is 1. The van der Waals surface area contributed by atoms with E-state index in [0.717, 1.165) is 15.9 Å². The van der Waals surface area contributed by atoms with Gasteiger partial charge in [0.2, 0.25) is 5.91 Å². The Kier molecular flexibility index (Phi) is 6.17. The quantitative estimate of drug-likeness (QED) is 0.750. The predicted octanol–water partition coefficient (Wildman–Crippen LogP) is 4.16. The minimum Gasteiger partial charge on any atom is -0.338 e. The van der Waals surface area contributed by atoms with Crippen molar-refractivity contribution < 1.29 is 4.79 Å². The number of nitrogens with zero attached hydrogens (tertiary/aromatic N) is 2. The SMILES string of the molecule is CC(c1ccccc1)N(C)C(=O)CN(C)Cc1ccc(Br)s1. The Morgan fingerprint density at radius 2 is 1.86 bits per heavy atom. The molecular formula is C17H21BrN2OS. The molecule has 1 unspecified atom stereocenters. The monoisotopic (exact) mass is 380 g/mol. The summed E-state index contributed by atoms with van der Waals surface area (Å²) in [5, 5.41) is 0. The molecule has 1 atom stereocenters. The van der Waals surface area contributed by atoms with Crippen molar-refractivity contribution in [2.75, 3.05) is 20.6 Å². The van der Waals surface area contributed by atoms with E-state index in [1.165, 1.54) is 4.88 Å². The number of hydrogen-bond donors (Lipinski definition) is 0. The molecule has 0 saturated heterocycles. The zero-order valence-corrected chi connectivity index (χ0v) is 15.5. The van der Waals surface area contributed by atoms with E-state index < -0.39 is 0 Å². The third-order valence-corrected chi connectivity index (χ3v) is 5.32. The Morgan fingerprint density at radius 1 is 1.18 bits per heavy atom. The van der Waals surface area contributed by atoms with Crippen molar-refractivity contribution >= 4 is 33.2 Å². The molecule has 0 bridgehead atoms. The Balaban J connectivity index is 1.90. The lowest BCUT2D eigenvalue weighted by molar-refractivity contribution is -0.132. The van der Waals surface area contributed by atoms with Crippen LogP contribution >= 0.6 is 27.3 Å². The van der Waals surface area contributed by atoms with E-state index in [2.05, 4.69) is 46.0 Å². The van der Waals surface area contributed by atoms with Gasteiger partial charge in [-0.2, -0.15) is 0 Å². The molecule has 1 aromatic carbocycles. The van der Waals surface area contributed by atoms with Gasteiger partial charge in [-0.25, -0.2) is 0 Å². The van der Waals surface area contributed by atoms with Crippen LogP contribution in [0.2, 0.25) is 0 Å². The van der Waals surface area contributed by atoms with E-state index in [9.17, 15) is 4.79 Å². The van der Waals surface area contributed by atoms with Gasteiger partial charge in [-0.1, -0.05) is 30.3 Å². The number of carbonyl (C=O) groups excluding carboxylic acids is 1. The van der Waals surface area contributed by atoms with Gasteiger partial charge in [0, 0.05) is 18.5 Å². The van der Waals surface area contributed by atoms with E-state index in [0.29, 0.717) is 6.54 Å². The van der Waals surface area contributed by atoms with Gasteiger partial charge in [0.25, 0.3) is 0 Å². The van der Waals surface area contributed by atoms with Crippen LogP contribution in [0, 0.1) is 0 Å². The number of carbonyl (C=O) groups is 1. The maximum atomic E-state index is 12.4. The highest BCUT2D eigenvalue weighted by Gasteiger charge is 2.18. The molecular weight excluding hydrogens is 360 g/mol. The molecule has 3 nitrogen and oxygen atoms in total. The van der Waals surface area contributed by atoms with Crippen LogP contribution in [0.1, 0.15) is 23.4 Å². The molecule has 1 amide bonds. The van der Waals surface area contributed by atoms with Gasteiger partial charge in [0.15, 0.2) is 0 Å². The number of rotatable bonds is 6. The molecule has 118 valence electrons. The molecule has 0 aliphatic carbocycles. The lowest BCUT2D eigenvalue weighted by Gasteiger charge is -2.27. The second-order valence-corrected chi connectivity index (χ2v) is 8.02. The van der Waals surface area contributed by atoms with Gasteiger partial charge >= 0.3 is 0 Å². The fourth-order valence-corrected chi connectivity index (χ4v) is 3.84. The summed E-state index contributed by atoms with van der Waals surface area (Å²) in [6.07, 6.45) is 0. The molecule has 0 aliphatic heterocycles. The van der Waals surface area contributed by atoms with Gasteiger partial charge in [0.05, 0.1) is 16.4 Å². The maximum Gasteiger partial charge on any atom is 0.236 e. The van der Waals surface area contributed by atoms with Crippen molar-refractivity contribution in [1.29, 1.82) is 0 Å². The van der Waals surface area contributed by atoms with E-state index >= 15 is 0 Å². The van der Waals surface area contributed by atoms with Gasteiger partial charge in [0.1, 0.15) is 0 Å². The van der Waals surface area contributed by atoms with Crippen molar-refractivity contribution in [2.45, 2.75) is 19.5 Å². The first kappa shape index (κ1) is 17.2.